The van der Waals surface area contributed by atoms with Crippen LogP contribution in [0.5, 0.6) is 11.5 Å². The Morgan fingerprint density at radius 3 is 2.50 bits per heavy atom. The molecule has 0 fully saturated rings. The summed E-state index contributed by atoms with van der Waals surface area (Å²) in [6.07, 6.45) is 1.26. The number of halogens is 2. The van der Waals surface area contributed by atoms with Crippen molar-refractivity contribution in [2.24, 2.45) is 0 Å². The van der Waals surface area contributed by atoms with Crippen LogP contribution in [0.1, 0.15) is 0 Å². The van der Waals surface area contributed by atoms with Crippen LogP contribution in [0.3, 0.4) is 0 Å². The van der Waals surface area contributed by atoms with E-state index in [1.165, 1.54) is 12.3 Å². The molecule has 132 valence electrons. The Bertz CT molecular complexity index is 934. The topological polar surface area (TPSA) is 81.2 Å². The van der Waals surface area contributed by atoms with Crippen LogP contribution in [0.15, 0.2) is 42.6 Å². The maximum Gasteiger partial charge on any atom is 0.249 e. The minimum absolute atomic E-state index is 0.143. The Kier molecular flexibility index (Phi) is 4.18. The van der Waals surface area contributed by atoms with Crippen LogP contribution in [-0.2, 0) is 0 Å². The van der Waals surface area contributed by atoms with E-state index in [1.807, 2.05) is 0 Å². The average Bonchev–Trinajstić information content (AvgIpc) is 2.65. The SMILES string of the molecule is Fc1cccc(F)c1Nc1cnnc(Nc2ccc3c(c2)OCCO3)n1. The number of anilines is 4. The minimum atomic E-state index is -0.732. The Balaban J connectivity index is 1.54. The number of benzene rings is 2. The third-order valence-electron chi connectivity index (χ3n) is 3.57. The largest absolute Gasteiger partial charge is 0.486 e. The van der Waals surface area contributed by atoms with Gasteiger partial charge >= 0.3 is 0 Å². The lowest BCUT2D eigenvalue weighted by atomic mass is 10.2. The predicted molar refractivity (Wildman–Crippen MR) is 90.2 cm³/mol. The molecule has 0 aliphatic carbocycles. The lowest BCUT2D eigenvalue weighted by Crippen LogP contribution is -2.15. The molecule has 0 bridgehead atoms. The van der Waals surface area contributed by atoms with Crippen molar-refractivity contribution in [3.8, 4) is 11.5 Å². The van der Waals surface area contributed by atoms with Gasteiger partial charge in [0.05, 0.1) is 6.20 Å². The summed E-state index contributed by atoms with van der Waals surface area (Å²) in [6.45, 7) is 0.981. The second-order valence-corrected chi connectivity index (χ2v) is 5.37. The third kappa shape index (κ3) is 3.32. The summed E-state index contributed by atoms with van der Waals surface area (Å²) in [7, 11) is 0. The maximum atomic E-state index is 13.7. The average molecular weight is 357 g/mol. The number of nitrogens with zero attached hydrogens (tertiary/aromatic N) is 3. The van der Waals surface area contributed by atoms with Crippen molar-refractivity contribution < 1.29 is 18.3 Å². The molecule has 0 amide bonds. The van der Waals surface area contributed by atoms with E-state index in [9.17, 15) is 8.78 Å². The third-order valence-corrected chi connectivity index (χ3v) is 3.57. The highest BCUT2D eigenvalue weighted by molar-refractivity contribution is 5.62. The lowest BCUT2D eigenvalue weighted by Gasteiger charge is -2.19. The van der Waals surface area contributed by atoms with Crippen molar-refractivity contribution in [3.05, 3.63) is 54.2 Å². The van der Waals surface area contributed by atoms with Crippen molar-refractivity contribution >= 4 is 23.1 Å². The highest BCUT2D eigenvalue weighted by Gasteiger charge is 2.13. The molecule has 0 unspecified atom stereocenters. The number of rotatable bonds is 4. The van der Waals surface area contributed by atoms with Gasteiger partial charge in [-0.2, -0.15) is 10.1 Å². The van der Waals surface area contributed by atoms with Gasteiger partial charge in [0.15, 0.2) is 17.3 Å². The molecule has 1 aromatic heterocycles. The van der Waals surface area contributed by atoms with Crippen LogP contribution in [-0.4, -0.2) is 28.4 Å². The zero-order valence-corrected chi connectivity index (χ0v) is 13.4. The summed E-state index contributed by atoms with van der Waals surface area (Å²) in [5.41, 5.74) is 0.351. The maximum absolute atomic E-state index is 13.7. The number of aromatic nitrogens is 3. The fourth-order valence-electron chi connectivity index (χ4n) is 2.41. The molecule has 0 spiro atoms. The normalized spacial score (nSPS) is 12.5. The van der Waals surface area contributed by atoms with E-state index in [-0.39, 0.29) is 17.5 Å². The number of fused-ring (bicyclic) bond motifs is 1. The monoisotopic (exact) mass is 357 g/mol. The van der Waals surface area contributed by atoms with Crippen molar-refractivity contribution in [1.82, 2.24) is 15.2 Å². The first-order chi connectivity index (χ1) is 12.7. The first kappa shape index (κ1) is 16.0. The van der Waals surface area contributed by atoms with Gasteiger partial charge in [-0.3, -0.25) is 0 Å². The molecule has 0 atom stereocenters. The molecule has 9 heteroatoms. The Labute approximate surface area is 147 Å². The van der Waals surface area contributed by atoms with Crippen LogP contribution in [0.2, 0.25) is 0 Å². The number of para-hydroxylation sites is 1. The standard InChI is InChI=1S/C17H13F2N5O2/c18-11-2-1-3-12(19)16(11)22-15-9-20-24-17(23-15)21-10-4-5-13-14(8-10)26-7-6-25-13/h1-5,8-9H,6-7H2,(H2,21,22,23,24). The molecule has 1 aliphatic rings. The summed E-state index contributed by atoms with van der Waals surface area (Å²) in [5, 5.41) is 13.2. The predicted octanol–water partition coefficient (Wildman–Crippen LogP) is 3.41. The first-order valence-corrected chi connectivity index (χ1v) is 7.76. The summed E-state index contributed by atoms with van der Waals surface area (Å²) in [6, 6.07) is 8.86. The van der Waals surface area contributed by atoms with Gasteiger partial charge in [-0.1, -0.05) is 6.07 Å². The fourth-order valence-corrected chi connectivity index (χ4v) is 2.41. The molecule has 0 saturated carbocycles. The number of hydrogen-bond acceptors (Lipinski definition) is 7. The Morgan fingerprint density at radius 1 is 0.923 bits per heavy atom. The first-order valence-electron chi connectivity index (χ1n) is 7.76. The molecule has 1 aliphatic heterocycles. The number of nitrogens with one attached hydrogen (secondary N) is 2. The lowest BCUT2D eigenvalue weighted by molar-refractivity contribution is 0.171. The van der Waals surface area contributed by atoms with Gasteiger partial charge < -0.3 is 20.1 Å². The molecule has 2 heterocycles. The quantitative estimate of drug-likeness (QED) is 0.740. The number of hydrogen-bond donors (Lipinski definition) is 2. The van der Waals surface area contributed by atoms with Crippen LogP contribution in [0, 0.1) is 11.6 Å². The molecular formula is C17H13F2N5O2. The number of ether oxygens (including phenoxy) is 2. The van der Waals surface area contributed by atoms with Gasteiger partial charge in [-0.05, 0) is 24.3 Å². The minimum Gasteiger partial charge on any atom is -0.486 e. The van der Waals surface area contributed by atoms with E-state index in [0.29, 0.717) is 30.4 Å². The highest BCUT2D eigenvalue weighted by Crippen LogP contribution is 2.33. The molecule has 0 radical (unpaired) electrons. The van der Waals surface area contributed by atoms with E-state index in [1.54, 1.807) is 18.2 Å². The molecule has 0 saturated heterocycles. The fraction of sp³-hybridized carbons (Fsp3) is 0.118. The van der Waals surface area contributed by atoms with E-state index in [2.05, 4.69) is 25.8 Å². The zero-order valence-electron chi connectivity index (χ0n) is 13.4. The van der Waals surface area contributed by atoms with E-state index < -0.39 is 11.6 Å². The van der Waals surface area contributed by atoms with Gasteiger partial charge in [-0.15, -0.1) is 5.10 Å². The molecule has 3 aromatic rings. The van der Waals surface area contributed by atoms with Crippen molar-refractivity contribution in [2.45, 2.75) is 0 Å². The van der Waals surface area contributed by atoms with E-state index >= 15 is 0 Å². The van der Waals surface area contributed by atoms with Gasteiger partial charge in [0, 0.05) is 11.8 Å². The molecule has 4 rings (SSSR count). The van der Waals surface area contributed by atoms with Crippen LogP contribution in [0.4, 0.5) is 31.9 Å². The second kappa shape index (κ2) is 6.79. The van der Waals surface area contributed by atoms with Gasteiger partial charge in [0.25, 0.3) is 0 Å². The van der Waals surface area contributed by atoms with Gasteiger partial charge in [0.2, 0.25) is 5.95 Å². The van der Waals surface area contributed by atoms with Crippen LogP contribution >= 0.6 is 0 Å². The Hall–Kier alpha value is -3.49. The van der Waals surface area contributed by atoms with Crippen molar-refractivity contribution in [3.63, 3.8) is 0 Å². The second-order valence-electron chi connectivity index (χ2n) is 5.37. The van der Waals surface area contributed by atoms with Crippen LogP contribution < -0.4 is 20.1 Å². The highest BCUT2D eigenvalue weighted by atomic mass is 19.1. The summed E-state index contributed by atoms with van der Waals surface area (Å²) < 4.78 is 38.4. The molecular weight excluding hydrogens is 344 g/mol. The van der Waals surface area contributed by atoms with Gasteiger partial charge in [-0.25, -0.2) is 8.78 Å². The van der Waals surface area contributed by atoms with Crippen LogP contribution in [0.25, 0.3) is 0 Å². The van der Waals surface area contributed by atoms with Crippen molar-refractivity contribution in [1.29, 1.82) is 0 Å². The molecule has 26 heavy (non-hydrogen) atoms. The van der Waals surface area contributed by atoms with Crippen molar-refractivity contribution in [2.75, 3.05) is 23.8 Å². The zero-order chi connectivity index (χ0) is 17.9. The molecule has 2 N–H and O–H groups in total. The summed E-state index contributed by atoms with van der Waals surface area (Å²) in [4.78, 5) is 4.16. The van der Waals surface area contributed by atoms with Gasteiger partial charge in [0.1, 0.15) is 30.5 Å². The molecule has 2 aromatic carbocycles. The molecule has 7 nitrogen and oxygen atoms in total. The van der Waals surface area contributed by atoms with E-state index in [0.717, 1.165) is 12.1 Å². The smallest absolute Gasteiger partial charge is 0.249 e. The summed E-state index contributed by atoms with van der Waals surface area (Å²) >= 11 is 0. The Morgan fingerprint density at radius 2 is 1.69 bits per heavy atom. The summed E-state index contributed by atoms with van der Waals surface area (Å²) in [5.74, 6) is 0.102. The van der Waals surface area contributed by atoms with E-state index in [4.69, 9.17) is 9.47 Å².